The van der Waals surface area contributed by atoms with Crippen molar-refractivity contribution in [2.45, 2.75) is 27.2 Å². The zero-order chi connectivity index (χ0) is 11.5. The first-order valence-corrected chi connectivity index (χ1v) is 6.01. The maximum atomic E-state index is 11.7. The summed E-state index contributed by atoms with van der Waals surface area (Å²) in [5.74, 6) is 0.438. The van der Waals surface area contributed by atoms with Gasteiger partial charge in [0.2, 0.25) is 0 Å². The predicted molar refractivity (Wildman–Crippen MR) is 68.9 cm³/mol. The highest BCUT2D eigenvalue weighted by Gasteiger charge is 2.27. The van der Waals surface area contributed by atoms with Gasteiger partial charge in [-0.1, -0.05) is 6.92 Å². The van der Waals surface area contributed by atoms with Crippen LogP contribution in [0, 0.1) is 8.99 Å². The molecule has 0 aliphatic carbocycles. The van der Waals surface area contributed by atoms with Crippen LogP contribution in [0.4, 0.5) is 0 Å². The molecule has 2 nitrogen and oxygen atoms in total. The highest BCUT2D eigenvalue weighted by molar-refractivity contribution is 14.1. The van der Waals surface area contributed by atoms with Gasteiger partial charge in [-0.3, -0.25) is 4.79 Å². The Kier molecular flexibility index (Phi) is 4.13. The summed E-state index contributed by atoms with van der Waals surface area (Å²) in [4.78, 5) is 11.7. The summed E-state index contributed by atoms with van der Waals surface area (Å²) in [5.41, 5.74) is -0.414. The van der Waals surface area contributed by atoms with Crippen LogP contribution in [-0.2, 0) is 4.79 Å². The van der Waals surface area contributed by atoms with Gasteiger partial charge in [-0.2, -0.15) is 0 Å². The maximum Gasteiger partial charge on any atom is 0.316 e. The van der Waals surface area contributed by atoms with Gasteiger partial charge in [-0.15, -0.1) is 0 Å². The van der Waals surface area contributed by atoms with Gasteiger partial charge >= 0.3 is 5.97 Å². The van der Waals surface area contributed by atoms with E-state index in [1.54, 1.807) is 0 Å². The molecule has 0 radical (unpaired) electrons. The molecule has 0 aliphatic rings. The van der Waals surface area contributed by atoms with Gasteiger partial charge in [0, 0.05) is 3.57 Å². The number of hydrogen-bond acceptors (Lipinski definition) is 2. The number of esters is 1. The standard InChI is InChI=1S/C12H15IO2/c1-4-12(2,3)11(14)15-10-7-5-9(13)6-8-10/h5-8H,4H2,1-3H3. The van der Waals surface area contributed by atoms with Crippen LogP contribution in [0.5, 0.6) is 5.75 Å². The van der Waals surface area contributed by atoms with Gasteiger partial charge in [0.1, 0.15) is 5.75 Å². The molecule has 0 saturated heterocycles. The van der Waals surface area contributed by atoms with Crippen molar-refractivity contribution >= 4 is 28.6 Å². The molecule has 15 heavy (non-hydrogen) atoms. The number of ether oxygens (including phenoxy) is 1. The molecule has 0 spiro atoms. The predicted octanol–water partition coefficient (Wildman–Crippen LogP) is 3.63. The average Bonchev–Trinajstić information content (AvgIpc) is 2.21. The fourth-order valence-electron chi connectivity index (χ4n) is 0.892. The van der Waals surface area contributed by atoms with E-state index in [1.165, 1.54) is 0 Å². The third-order valence-corrected chi connectivity index (χ3v) is 3.18. The molecule has 0 aromatic heterocycles. The number of benzene rings is 1. The van der Waals surface area contributed by atoms with Gasteiger partial charge in [-0.25, -0.2) is 0 Å². The molecule has 0 heterocycles. The third kappa shape index (κ3) is 3.48. The van der Waals surface area contributed by atoms with Crippen LogP contribution in [0.2, 0.25) is 0 Å². The van der Waals surface area contributed by atoms with E-state index >= 15 is 0 Å². The largest absolute Gasteiger partial charge is 0.426 e. The molecule has 0 N–H and O–H groups in total. The molecule has 0 amide bonds. The van der Waals surface area contributed by atoms with Gasteiger partial charge in [0.05, 0.1) is 5.41 Å². The lowest BCUT2D eigenvalue weighted by atomic mass is 9.91. The lowest BCUT2D eigenvalue weighted by Crippen LogP contribution is -2.28. The maximum absolute atomic E-state index is 11.7. The number of hydrogen-bond donors (Lipinski definition) is 0. The molecule has 3 heteroatoms. The van der Waals surface area contributed by atoms with E-state index in [9.17, 15) is 4.79 Å². The second-order valence-corrected chi connectivity index (χ2v) is 5.33. The Morgan fingerprint density at radius 2 is 1.87 bits per heavy atom. The first-order valence-electron chi connectivity index (χ1n) is 4.93. The van der Waals surface area contributed by atoms with Crippen LogP contribution >= 0.6 is 22.6 Å². The minimum atomic E-state index is -0.414. The summed E-state index contributed by atoms with van der Waals surface area (Å²) in [7, 11) is 0. The monoisotopic (exact) mass is 318 g/mol. The molecular formula is C12H15IO2. The molecule has 0 aliphatic heterocycles. The third-order valence-electron chi connectivity index (χ3n) is 2.46. The summed E-state index contributed by atoms with van der Waals surface area (Å²) in [6, 6.07) is 7.46. The summed E-state index contributed by atoms with van der Waals surface area (Å²) in [6.07, 6.45) is 0.774. The average molecular weight is 318 g/mol. The molecule has 1 aromatic rings. The lowest BCUT2D eigenvalue weighted by Gasteiger charge is -2.19. The Bertz CT molecular complexity index is 341. The minimum Gasteiger partial charge on any atom is -0.426 e. The molecule has 0 atom stereocenters. The molecule has 1 aromatic carbocycles. The Hall–Kier alpha value is -0.580. The van der Waals surface area contributed by atoms with Crippen molar-refractivity contribution in [2.75, 3.05) is 0 Å². The van der Waals surface area contributed by atoms with Crippen molar-refractivity contribution in [2.24, 2.45) is 5.41 Å². The Labute approximate surface area is 104 Å². The summed E-state index contributed by atoms with van der Waals surface area (Å²) >= 11 is 2.21. The SMILES string of the molecule is CCC(C)(C)C(=O)Oc1ccc(I)cc1. The van der Waals surface area contributed by atoms with Gasteiger partial charge in [-0.05, 0) is 67.1 Å². The molecular weight excluding hydrogens is 303 g/mol. The van der Waals surface area contributed by atoms with Crippen molar-refractivity contribution in [1.82, 2.24) is 0 Å². The first-order chi connectivity index (χ1) is 6.95. The lowest BCUT2D eigenvalue weighted by molar-refractivity contribution is -0.144. The highest BCUT2D eigenvalue weighted by Crippen LogP contribution is 2.23. The van der Waals surface area contributed by atoms with E-state index in [1.807, 2.05) is 45.0 Å². The second-order valence-electron chi connectivity index (χ2n) is 4.08. The van der Waals surface area contributed by atoms with Crippen molar-refractivity contribution < 1.29 is 9.53 Å². The summed E-state index contributed by atoms with van der Waals surface area (Å²) < 4.78 is 6.41. The van der Waals surface area contributed by atoms with E-state index in [0.29, 0.717) is 5.75 Å². The molecule has 0 saturated carbocycles. The zero-order valence-corrected chi connectivity index (χ0v) is 11.4. The van der Waals surface area contributed by atoms with Crippen LogP contribution < -0.4 is 4.74 Å². The number of carbonyl (C=O) groups is 1. The topological polar surface area (TPSA) is 26.3 Å². The minimum absolute atomic E-state index is 0.175. The van der Waals surface area contributed by atoms with Gasteiger partial charge in [0.15, 0.2) is 0 Å². The number of halogens is 1. The van der Waals surface area contributed by atoms with Crippen LogP contribution in [0.3, 0.4) is 0 Å². The Morgan fingerprint density at radius 3 is 2.33 bits per heavy atom. The fraction of sp³-hybridized carbons (Fsp3) is 0.417. The number of rotatable bonds is 3. The highest BCUT2D eigenvalue weighted by atomic mass is 127. The van der Waals surface area contributed by atoms with E-state index in [4.69, 9.17) is 4.74 Å². The van der Waals surface area contributed by atoms with Gasteiger partial charge in [0.25, 0.3) is 0 Å². The Balaban J connectivity index is 2.71. The van der Waals surface area contributed by atoms with E-state index in [2.05, 4.69) is 22.6 Å². The van der Waals surface area contributed by atoms with Crippen molar-refractivity contribution in [3.05, 3.63) is 27.8 Å². The van der Waals surface area contributed by atoms with Crippen LogP contribution in [0.25, 0.3) is 0 Å². The zero-order valence-electron chi connectivity index (χ0n) is 9.21. The quantitative estimate of drug-likeness (QED) is 0.483. The van der Waals surface area contributed by atoms with E-state index in [-0.39, 0.29) is 5.97 Å². The first kappa shape index (κ1) is 12.5. The van der Waals surface area contributed by atoms with Crippen LogP contribution in [0.1, 0.15) is 27.2 Å². The normalized spacial score (nSPS) is 11.2. The summed E-state index contributed by atoms with van der Waals surface area (Å²) in [5, 5.41) is 0. The van der Waals surface area contributed by atoms with Crippen molar-refractivity contribution in [1.29, 1.82) is 0 Å². The smallest absolute Gasteiger partial charge is 0.316 e. The summed E-state index contributed by atoms with van der Waals surface area (Å²) in [6.45, 7) is 5.76. The fourth-order valence-corrected chi connectivity index (χ4v) is 1.25. The van der Waals surface area contributed by atoms with E-state index < -0.39 is 5.41 Å². The van der Waals surface area contributed by atoms with Crippen molar-refractivity contribution in [3.63, 3.8) is 0 Å². The molecule has 82 valence electrons. The number of carbonyl (C=O) groups excluding carboxylic acids is 1. The van der Waals surface area contributed by atoms with Gasteiger partial charge < -0.3 is 4.74 Å². The van der Waals surface area contributed by atoms with Crippen molar-refractivity contribution in [3.8, 4) is 5.75 Å². The molecule has 1 rings (SSSR count). The van der Waals surface area contributed by atoms with Crippen LogP contribution in [0.15, 0.2) is 24.3 Å². The van der Waals surface area contributed by atoms with Crippen LogP contribution in [-0.4, -0.2) is 5.97 Å². The van der Waals surface area contributed by atoms with E-state index in [0.717, 1.165) is 9.99 Å². The molecule has 0 bridgehead atoms. The second kappa shape index (κ2) is 4.96. The molecule has 0 unspecified atom stereocenters. The Morgan fingerprint density at radius 1 is 1.33 bits per heavy atom. The molecule has 0 fully saturated rings.